The Kier molecular flexibility index (Phi) is 6.31. The minimum atomic E-state index is -0.293. The van der Waals surface area contributed by atoms with Gasteiger partial charge in [0, 0.05) is 41.8 Å². The van der Waals surface area contributed by atoms with Crippen molar-refractivity contribution >= 4 is 40.7 Å². The largest absolute Gasteiger partial charge is 0.342 e. The number of amides is 2. The van der Waals surface area contributed by atoms with E-state index in [9.17, 15) is 9.59 Å². The van der Waals surface area contributed by atoms with Gasteiger partial charge in [-0.15, -0.1) is 0 Å². The molecule has 1 aliphatic rings. The molecule has 4 nitrogen and oxygen atoms in total. The number of carbonyl (C=O) groups is 2. The van der Waals surface area contributed by atoms with Gasteiger partial charge in [-0.3, -0.25) is 9.59 Å². The van der Waals surface area contributed by atoms with Gasteiger partial charge in [0.05, 0.1) is 5.92 Å². The summed E-state index contributed by atoms with van der Waals surface area (Å²) in [5.41, 5.74) is 0.653. The normalized spacial score (nSPS) is 17.7. The maximum atomic E-state index is 12.7. The second kappa shape index (κ2) is 8.02. The van der Waals surface area contributed by atoms with Crippen LogP contribution in [0.15, 0.2) is 18.2 Å². The predicted octanol–water partition coefficient (Wildman–Crippen LogP) is 3.99. The van der Waals surface area contributed by atoms with Crippen LogP contribution in [0.25, 0.3) is 0 Å². The van der Waals surface area contributed by atoms with E-state index >= 15 is 0 Å². The molecule has 0 saturated carbocycles. The summed E-state index contributed by atoms with van der Waals surface area (Å²) in [6.07, 6.45) is 2.08. The third kappa shape index (κ3) is 4.39. The van der Waals surface area contributed by atoms with Gasteiger partial charge in [-0.1, -0.05) is 37.0 Å². The van der Waals surface area contributed by atoms with Crippen LogP contribution >= 0.6 is 23.2 Å². The molecular weight excluding hydrogens is 335 g/mol. The Morgan fingerprint density at radius 2 is 1.74 bits per heavy atom. The Hall–Kier alpha value is -1.26. The standard InChI is InChI=1S/C17H22Cl2N2O2/c1-3-5-20(6-4-2)17(23)12-7-16(22)21(11-12)15-9-13(18)8-14(19)10-15/h8-10,12H,3-7,11H2,1-2H3. The summed E-state index contributed by atoms with van der Waals surface area (Å²) < 4.78 is 0. The molecule has 1 aliphatic heterocycles. The zero-order valence-electron chi connectivity index (χ0n) is 13.5. The van der Waals surface area contributed by atoms with E-state index in [1.807, 2.05) is 4.90 Å². The molecule has 1 unspecified atom stereocenters. The lowest BCUT2D eigenvalue weighted by Gasteiger charge is -2.25. The maximum absolute atomic E-state index is 12.7. The van der Waals surface area contributed by atoms with E-state index in [2.05, 4.69) is 13.8 Å². The number of carbonyl (C=O) groups excluding carboxylic acids is 2. The fourth-order valence-electron chi connectivity index (χ4n) is 2.95. The summed E-state index contributed by atoms with van der Waals surface area (Å²) in [7, 11) is 0. The number of nitrogens with zero attached hydrogens (tertiary/aromatic N) is 2. The van der Waals surface area contributed by atoms with E-state index in [0.29, 0.717) is 22.3 Å². The molecule has 0 aromatic heterocycles. The van der Waals surface area contributed by atoms with Crippen molar-refractivity contribution in [3.63, 3.8) is 0 Å². The van der Waals surface area contributed by atoms with Crippen molar-refractivity contribution in [1.29, 1.82) is 0 Å². The molecule has 6 heteroatoms. The summed E-state index contributed by atoms with van der Waals surface area (Å²) >= 11 is 12.0. The quantitative estimate of drug-likeness (QED) is 0.772. The van der Waals surface area contributed by atoms with E-state index in [4.69, 9.17) is 23.2 Å². The minimum Gasteiger partial charge on any atom is -0.342 e. The van der Waals surface area contributed by atoms with E-state index in [0.717, 1.165) is 25.9 Å². The lowest BCUT2D eigenvalue weighted by molar-refractivity contribution is -0.135. The van der Waals surface area contributed by atoms with Gasteiger partial charge >= 0.3 is 0 Å². The Balaban J connectivity index is 2.13. The van der Waals surface area contributed by atoms with Gasteiger partial charge in [-0.2, -0.15) is 0 Å². The molecule has 1 fully saturated rings. The molecule has 0 aliphatic carbocycles. The summed E-state index contributed by atoms with van der Waals surface area (Å²) in [4.78, 5) is 28.5. The Morgan fingerprint density at radius 3 is 2.26 bits per heavy atom. The summed E-state index contributed by atoms with van der Waals surface area (Å²) in [5.74, 6) is -0.286. The van der Waals surface area contributed by atoms with E-state index in [1.165, 1.54) is 0 Å². The van der Waals surface area contributed by atoms with Crippen molar-refractivity contribution in [3.8, 4) is 0 Å². The molecule has 1 atom stereocenters. The molecule has 0 spiro atoms. The molecule has 0 N–H and O–H groups in total. The zero-order valence-corrected chi connectivity index (χ0v) is 15.0. The van der Waals surface area contributed by atoms with Crippen LogP contribution in [0.4, 0.5) is 5.69 Å². The van der Waals surface area contributed by atoms with E-state index in [1.54, 1.807) is 23.1 Å². The Bertz CT molecular complexity index is 566. The molecule has 2 amide bonds. The first-order valence-electron chi connectivity index (χ1n) is 8.01. The number of rotatable bonds is 6. The van der Waals surface area contributed by atoms with Gasteiger partial charge in [-0.25, -0.2) is 0 Å². The van der Waals surface area contributed by atoms with Crippen molar-refractivity contribution in [1.82, 2.24) is 4.90 Å². The fourth-order valence-corrected chi connectivity index (χ4v) is 3.46. The summed E-state index contributed by atoms with van der Waals surface area (Å²) in [6.45, 7) is 5.96. The molecule has 1 saturated heterocycles. The molecule has 126 valence electrons. The first-order chi connectivity index (χ1) is 11.0. The average Bonchev–Trinajstić information content (AvgIpc) is 2.87. The van der Waals surface area contributed by atoms with Crippen LogP contribution in [0.3, 0.4) is 0 Å². The number of hydrogen-bond acceptors (Lipinski definition) is 2. The van der Waals surface area contributed by atoms with Crippen LogP contribution < -0.4 is 4.90 Å². The second-order valence-corrected chi connectivity index (χ2v) is 6.73. The van der Waals surface area contributed by atoms with Crippen molar-refractivity contribution in [3.05, 3.63) is 28.2 Å². The highest BCUT2D eigenvalue weighted by Gasteiger charge is 2.37. The first kappa shape index (κ1) is 18.1. The summed E-state index contributed by atoms with van der Waals surface area (Å²) in [5, 5.41) is 0.960. The maximum Gasteiger partial charge on any atom is 0.228 e. The lowest BCUT2D eigenvalue weighted by atomic mass is 10.1. The molecule has 23 heavy (non-hydrogen) atoms. The highest BCUT2D eigenvalue weighted by molar-refractivity contribution is 6.35. The van der Waals surface area contributed by atoms with E-state index in [-0.39, 0.29) is 24.2 Å². The van der Waals surface area contributed by atoms with Gasteiger partial charge in [0.25, 0.3) is 0 Å². The molecule has 0 bridgehead atoms. The van der Waals surface area contributed by atoms with Gasteiger partial charge in [0.1, 0.15) is 0 Å². The second-order valence-electron chi connectivity index (χ2n) is 5.86. The van der Waals surface area contributed by atoms with Gasteiger partial charge in [-0.05, 0) is 31.0 Å². The third-order valence-corrected chi connectivity index (χ3v) is 4.37. The van der Waals surface area contributed by atoms with Crippen LogP contribution in [0.5, 0.6) is 0 Å². The summed E-state index contributed by atoms with van der Waals surface area (Å²) in [6, 6.07) is 5.03. The predicted molar refractivity (Wildman–Crippen MR) is 94.1 cm³/mol. The molecule has 2 rings (SSSR count). The monoisotopic (exact) mass is 356 g/mol. The molecule has 1 aromatic carbocycles. The van der Waals surface area contributed by atoms with Gasteiger partial charge in [0.15, 0.2) is 0 Å². The SMILES string of the molecule is CCCN(CCC)C(=O)C1CC(=O)N(c2cc(Cl)cc(Cl)c2)C1. The lowest BCUT2D eigenvalue weighted by Crippen LogP contribution is -2.38. The smallest absolute Gasteiger partial charge is 0.228 e. The van der Waals surface area contributed by atoms with Crippen LogP contribution in [0, 0.1) is 5.92 Å². The average molecular weight is 357 g/mol. The highest BCUT2D eigenvalue weighted by atomic mass is 35.5. The van der Waals surface area contributed by atoms with Crippen molar-refractivity contribution < 1.29 is 9.59 Å². The molecular formula is C17H22Cl2N2O2. The number of halogens is 2. The van der Waals surface area contributed by atoms with Crippen LogP contribution in [0.1, 0.15) is 33.1 Å². The fraction of sp³-hybridized carbons (Fsp3) is 0.529. The van der Waals surface area contributed by atoms with Crippen LogP contribution in [-0.4, -0.2) is 36.3 Å². The number of hydrogen-bond donors (Lipinski definition) is 0. The Labute approximate surface area is 147 Å². The molecule has 1 aromatic rings. The van der Waals surface area contributed by atoms with Crippen molar-refractivity contribution in [2.24, 2.45) is 5.92 Å². The number of benzene rings is 1. The zero-order chi connectivity index (χ0) is 17.0. The third-order valence-electron chi connectivity index (χ3n) is 3.93. The molecule has 0 radical (unpaired) electrons. The van der Waals surface area contributed by atoms with E-state index < -0.39 is 0 Å². The van der Waals surface area contributed by atoms with Crippen LogP contribution in [0.2, 0.25) is 10.0 Å². The van der Waals surface area contributed by atoms with Crippen molar-refractivity contribution in [2.45, 2.75) is 33.1 Å². The van der Waals surface area contributed by atoms with Gasteiger partial charge < -0.3 is 9.80 Å². The topological polar surface area (TPSA) is 40.6 Å². The highest BCUT2D eigenvalue weighted by Crippen LogP contribution is 2.31. The molecule has 1 heterocycles. The van der Waals surface area contributed by atoms with Crippen molar-refractivity contribution in [2.75, 3.05) is 24.5 Å². The number of anilines is 1. The first-order valence-corrected chi connectivity index (χ1v) is 8.77. The minimum absolute atomic E-state index is 0.0605. The Morgan fingerprint density at radius 1 is 1.17 bits per heavy atom. The van der Waals surface area contributed by atoms with Gasteiger partial charge in [0.2, 0.25) is 11.8 Å². The van der Waals surface area contributed by atoms with Crippen LogP contribution in [-0.2, 0) is 9.59 Å².